The fraction of sp³-hybridized carbons (Fsp3) is 0.235. The Balaban J connectivity index is 1.73. The van der Waals surface area contributed by atoms with E-state index in [4.69, 9.17) is 23.2 Å². The predicted octanol–water partition coefficient (Wildman–Crippen LogP) is 4.18. The van der Waals surface area contributed by atoms with Gasteiger partial charge in [0, 0.05) is 19.8 Å². The van der Waals surface area contributed by atoms with E-state index in [2.05, 4.69) is 10.2 Å². The lowest BCUT2D eigenvalue weighted by molar-refractivity contribution is -0.129. The van der Waals surface area contributed by atoms with Crippen LogP contribution in [0, 0.1) is 0 Å². The summed E-state index contributed by atoms with van der Waals surface area (Å²) in [5, 5.41) is 9.35. The molecule has 3 aromatic rings. The number of carbonyl (C=O) groups is 1. The maximum Gasteiger partial charge on any atom is 0.235 e. The van der Waals surface area contributed by atoms with Crippen molar-refractivity contribution in [3.8, 4) is 0 Å². The van der Waals surface area contributed by atoms with E-state index in [1.807, 2.05) is 37.3 Å². The number of benzene rings is 1. The Morgan fingerprint density at radius 1 is 1.28 bits per heavy atom. The second-order valence-electron chi connectivity index (χ2n) is 5.62. The number of amides is 1. The normalized spacial score (nSPS) is 12.3. The minimum Gasteiger partial charge on any atom is -0.340 e. The van der Waals surface area contributed by atoms with Crippen LogP contribution in [0.5, 0.6) is 0 Å². The number of nitrogens with zero attached hydrogens (tertiary/aromatic N) is 4. The maximum absolute atomic E-state index is 12.6. The molecule has 0 fully saturated rings. The third kappa shape index (κ3) is 4.08. The summed E-state index contributed by atoms with van der Waals surface area (Å²) in [6.45, 7) is 2.41. The molecule has 2 aromatic heterocycles. The monoisotopic (exact) mass is 394 g/mol. The molecule has 0 unspecified atom stereocenters. The van der Waals surface area contributed by atoms with Crippen molar-refractivity contribution in [2.45, 2.75) is 23.9 Å². The highest BCUT2D eigenvalue weighted by molar-refractivity contribution is 8.00. The molecule has 0 aliphatic carbocycles. The zero-order valence-corrected chi connectivity index (χ0v) is 16.0. The van der Waals surface area contributed by atoms with Gasteiger partial charge in [0.2, 0.25) is 5.91 Å². The summed E-state index contributed by atoms with van der Waals surface area (Å²) in [5.74, 6) is 0.0127. The lowest BCUT2D eigenvalue weighted by Crippen LogP contribution is -2.32. The molecule has 5 nitrogen and oxygen atoms in total. The lowest BCUT2D eigenvalue weighted by atomic mass is 10.2. The Morgan fingerprint density at radius 2 is 2.00 bits per heavy atom. The molecule has 25 heavy (non-hydrogen) atoms. The van der Waals surface area contributed by atoms with E-state index in [1.165, 1.54) is 11.8 Å². The van der Waals surface area contributed by atoms with E-state index < -0.39 is 0 Å². The molecule has 1 aromatic carbocycles. The van der Waals surface area contributed by atoms with Gasteiger partial charge in [0.15, 0.2) is 10.8 Å². The van der Waals surface area contributed by atoms with Crippen molar-refractivity contribution >= 4 is 46.5 Å². The molecule has 1 amide bonds. The number of hydrogen-bond acceptors (Lipinski definition) is 4. The molecule has 1 atom stereocenters. The van der Waals surface area contributed by atoms with Crippen LogP contribution in [0.1, 0.15) is 12.5 Å². The van der Waals surface area contributed by atoms with Crippen LogP contribution in [0.4, 0.5) is 0 Å². The van der Waals surface area contributed by atoms with Gasteiger partial charge in [-0.3, -0.25) is 9.20 Å². The zero-order valence-electron chi connectivity index (χ0n) is 13.7. The minimum atomic E-state index is -0.320. The summed E-state index contributed by atoms with van der Waals surface area (Å²) in [4.78, 5) is 14.3. The van der Waals surface area contributed by atoms with Crippen LogP contribution in [0.3, 0.4) is 0 Å². The fourth-order valence-electron chi connectivity index (χ4n) is 2.44. The third-order valence-corrected chi connectivity index (χ3v) is 5.19. The second-order valence-corrected chi connectivity index (χ2v) is 7.77. The van der Waals surface area contributed by atoms with Crippen LogP contribution in [-0.2, 0) is 11.3 Å². The van der Waals surface area contributed by atoms with Gasteiger partial charge in [-0.1, -0.05) is 65.3 Å². The molecule has 130 valence electrons. The average molecular weight is 395 g/mol. The molecule has 3 rings (SSSR count). The van der Waals surface area contributed by atoms with Crippen LogP contribution < -0.4 is 0 Å². The molecule has 2 heterocycles. The Bertz CT molecular complexity index is 900. The van der Waals surface area contributed by atoms with Gasteiger partial charge < -0.3 is 4.90 Å². The number of aromatic nitrogens is 3. The molecule has 0 aliphatic rings. The van der Waals surface area contributed by atoms with Gasteiger partial charge in [-0.15, -0.1) is 10.2 Å². The Morgan fingerprint density at radius 3 is 2.72 bits per heavy atom. The molecule has 0 saturated carbocycles. The highest BCUT2D eigenvalue weighted by Crippen LogP contribution is 2.28. The second kappa shape index (κ2) is 7.64. The van der Waals surface area contributed by atoms with E-state index in [0.29, 0.717) is 27.4 Å². The first-order chi connectivity index (χ1) is 12.0. The number of carbonyl (C=O) groups excluding carboxylic acids is 1. The number of hydrogen-bond donors (Lipinski definition) is 0. The zero-order chi connectivity index (χ0) is 18.0. The topological polar surface area (TPSA) is 50.5 Å². The maximum atomic E-state index is 12.6. The van der Waals surface area contributed by atoms with E-state index in [0.717, 1.165) is 5.56 Å². The lowest BCUT2D eigenvalue weighted by Gasteiger charge is -2.20. The molecule has 8 heteroatoms. The van der Waals surface area contributed by atoms with Crippen LogP contribution >= 0.6 is 35.0 Å². The largest absolute Gasteiger partial charge is 0.340 e. The fourth-order valence-corrected chi connectivity index (χ4v) is 3.88. The number of fused-ring (bicyclic) bond motifs is 1. The molecule has 0 spiro atoms. The van der Waals surface area contributed by atoms with Crippen LogP contribution in [0.2, 0.25) is 10.0 Å². The van der Waals surface area contributed by atoms with Crippen molar-refractivity contribution in [2.75, 3.05) is 7.05 Å². The molecule has 0 N–H and O–H groups in total. The van der Waals surface area contributed by atoms with Gasteiger partial charge in [0.1, 0.15) is 0 Å². The molecule has 0 aliphatic heterocycles. The molecule has 0 bridgehead atoms. The smallest absolute Gasteiger partial charge is 0.235 e. The van der Waals surface area contributed by atoms with Crippen molar-refractivity contribution in [1.29, 1.82) is 0 Å². The van der Waals surface area contributed by atoms with Crippen molar-refractivity contribution in [3.05, 3.63) is 58.2 Å². The summed E-state index contributed by atoms with van der Waals surface area (Å²) in [7, 11) is 1.79. The minimum absolute atomic E-state index is 0.0127. The highest BCUT2D eigenvalue weighted by atomic mass is 35.5. The SMILES string of the molecule is C[C@H](Sc1nnc2c(Cl)cc(Cl)cn12)C(=O)N(C)Cc1ccccc1. The van der Waals surface area contributed by atoms with Gasteiger partial charge in [-0.25, -0.2) is 0 Å². The Hall–Kier alpha value is -1.76. The first-order valence-corrected chi connectivity index (χ1v) is 9.24. The van der Waals surface area contributed by atoms with Crippen LogP contribution in [0.25, 0.3) is 5.65 Å². The number of pyridine rings is 1. The van der Waals surface area contributed by atoms with Crippen molar-refractivity contribution in [2.24, 2.45) is 0 Å². The number of rotatable bonds is 5. The van der Waals surface area contributed by atoms with Gasteiger partial charge in [0.25, 0.3) is 0 Å². The summed E-state index contributed by atoms with van der Waals surface area (Å²) < 4.78 is 1.70. The Kier molecular flexibility index (Phi) is 5.51. The molecular formula is C17H16Cl2N4OS. The standard InChI is InChI=1S/C17H16Cl2N4OS/c1-11(16(24)22(2)9-12-6-4-3-5-7-12)25-17-21-20-15-14(19)8-13(18)10-23(15)17/h3-8,10-11H,9H2,1-2H3/t11-/m0/s1. The molecular weight excluding hydrogens is 379 g/mol. The average Bonchev–Trinajstić information content (AvgIpc) is 2.98. The summed E-state index contributed by atoms with van der Waals surface area (Å²) >= 11 is 13.5. The van der Waals surface area contributed by atoms with E-state index in [9.17, 15) is 4.79 Å². The van der Waals surface area contributed by atoms with Crippen molar-refractivity contribution in [1.82, 2.24) is 19.5 Å². The quantitative estimate of drug-likeness (QED) is 0.609. The van der Waals surface area contributed by atoms with E-state index in [1.54, 1.807) is 28.6 Å². The van der Waals surface area contributed by atoms with Crippen molar-refractivity contribution < 1.29 is 4.79 Å². The van der Waals surface area contributed by atoms with Gasteiger partial charge in [0.05, 0.1) is 15.3 Å². The van der Waals surface area contributed by atoms with E-state index in [-0.39, 0.29) is 11.2 Å². The number of halogens is 2. The molecule has 0 radical (unpaired) electrons. The predicted molar refractivity (Wildman–Crippen MR) is 101 cm³/mol. The van der Waals surface area contributed by atoms with Crippen LogP contribution in [-0.4, -0.2) is 37.7 Å². The highest BCUT2D eigenvalue weighted by Gasteiger charge is 2.22. The Labute approximate surface area is 159 Å². The summed E-state index contributed by atoms with van der Waals surface area (Å²) in [6.07, 6.45) is 1.69. The summed E-state index contributed by atoms with van der Waals surface area (Å²) in [5.41, 5.74) is 1.60. The summed E-state index contributed by atoms with van der Waals surface area (Å²) in [6, 6.07) is 11.5. The van der Waals surface area contributed by atoms with Gasteiger partial charge >= 0.3 is 0 Å². The van der Waals surface area contributed by atoms with Crippen LogP contribution in [0.15, 0.2) is 47.8 Å². The molecule has 0 saturated heterocycles. The van der Waals surface area contributed by atoms with E-state index >= 15 is 0 Å². The van der Waals surface area contributed by atoms with Crippen molar-refractivity contribution in [3.63, 3.8) is 0 Å². The third-order valence-electron chi connectivity index (χ3n) is 3.66. The van der Waals surface area contributed by atoms with Gasteiger partial charge in [-0.2, -0.15) is 0 Å². The first kappa shape index (κ1) is 18.0. The number of thioether (sulfide) groups is 1. The first-order valence-electron chi connectivity index (χ1n) is 7.61. The van der Waals surface area contributed by atoms with Gasteiger partial charge in [-0.05, 0) is 18.6 Å².